The quantitative estimate of drug-likeness (QED) is 0.628. The van der Waals surface area contributed by atoms with E-state index >= 15 is 0 Å². The number of hydrogen-bond donors (Lipinski definition) is 1. The number of hydrogen-bond acceptors (Lipinski definition) is 3. The van der Waals surface area contributed by atoms with Gasteiger partial charge in [-0.2, -0.15) is 0 Å². The third-order valence-corrected chi connectivity index (χ3v) is 6.17. The summed E-state index contributed by atoms with van der Waals surface area (Å²) in [4.78, 5) is 12.6. The van der Waals surface area contributed by atoms with Gasteiger partial charge in [-0.05, 0) is 61.4 Å². The smallest absolute Gasteiger partial charge is 0.243 e. The summed E-state index contributed by atoms with van der Waals surface area (Å²) in [6.45, 7) is 8.34. The molecular formula is C23H32N2O3S. The molecule has 0 aliphatic rings. The fraction of sp³-hybridized carbons (Fsp3) is 0.435. The number of nitrogens with zero attached hydrogens (tertiary/aromatic N) is 1. The van der Waals surface area contributed by atoms with Crippen LogP contribution in [0.2, 0.25) is 0 Å². The van der Waals surface area contributed by atoms with Crippen LogP contribution in [0.4, 0.5) is 5.69 Å². The van der Waals surface area contributed by atoms with Gasteiger partial charge < -0.3 is 5.32 Å². The maximum Gasteiger partial charge on any atom is 0.243 e. The standard InChI is InChI=1S/C23H32N2O3S/c1-17(2)21-13-11-20(12-14-21)9-7-15-24-23(26)19(4)25(29(5,27)28)22-10-6-8-18(3)16-22/h6,8,10-14,16-17,19H,7,9,15H2,1-5H3,(H,24,26). The first-order chi connectivity index (χ1) is 13.6. The van der Waals surface area contributed by atoms with Crippen LogP contribution in [-0.4, -0.2) is 33.2 Å². The van der Waals surface area contributed by atoms with Crippen LogP contribution in [0.3, 0.4) is 0 Å². The molecule has 6 heteroatoms. The second kappa shape index (κ2) is 9.92. The van der Waals surface area contributed by atoms with E-state index in [1.165, 1.54) is 15.4 Å². The second-order valence-electron chi connectivity index (χ2n) is 7.86. The molecule has 0 bridgehead atoms. The van der Waals surface area contributed by atoms with Crippen molar-refractivity contribution in [2.24, 2.45) is 0 Å². The molecule has 0 aromatic heterocycles. The second-order valence-corrected chi connectivity index (χ2v) is 9.72. The number of aryl methyl sites for hydroxylation is 2. The highest BCUT2D eigenvalue weighted by atomic mass is 32.2. The van der Waals surface area contributed by atoms with Gasteiger partial charge in [0.25, 0.3) is 0 Å². The Morgan fingerprint density at radius 2 is 1.72 bits per heavy atom. The number of amides is 1. The summed E-state index contributed by atoms with van der Waals surface area (Å²) in [5.41, 5.74) is 3.98. The maximum atomic E-state index is 12.6. The summed E-state index contributed by atoms with van der Waals surface area (Å²) in [5.74, 6) is 0.211. The molecule has 0 saturated heterocycles. The Hall–Kier alpha value is -2.34. The molecule has 2 rings (SSSR count). The summed E-state index contributed by atoms with van der Waals surface area (Å²) in [5, 5.41) is 2.87. The van der Waals surface area contributed by atoms with Gasteiger partial charge in [0.1, 0.15) is 6.04 Å². The van der Waals surface area contributed by atoms with E-state index < -0.39 is 16.1 Å². The Morgan fingerprint density at radius 1 is 1.07 bits per heavy atom. The fourth-order valence-corrected chi connectivity index (χ4v) is 4.46. The van der Waals surface area contributed by atoms with Crippen LogP contribution in [0, 0.1) is 6.92 Å². The van der Waals surface area contributed by atoms with E-state index in [1.54, 1.807) is 25.1 Å². The molecular weight excluding hydrogens is 384 g/mol. The Kier molecular flexibility index (Phi) is 7.85. The van der Waals surface area contributed by atoms with E-state index in [2.05, 4.69) is 43.4 Å². The topological polar surface area (TPSA) is 66.5 Å². The molecule has 158 valence electrons. The third kappa shape index (κ3) is 6.60. The molecule has 0 fully saturated rings. The number of nitrogens with one attached hydrogen (secondary N) is 1. The lowest BCUT2D eigenvalue weighted by Crippen LogP contribution is -2.48. The minimum atomic E-state index is -3.59. The monoisotopic (exact) mass is 416 g/mol. The predicted octanol–water partition coefficient (Wildman–Crippen LogP) is 4.02. The van der Waals surface area contributed by atoms with Gasteiger partial charge in [-0.3, -0.25) is 9.10 Å². The highest BCUT2D eigenvalue weighted by molar-refractivity contribution is 7.92. The molecule has 0 saturated carbocycles. The number of anilines is 1. The van der Waals surface area contributed by atoms with Crippen LogP contribution in [0.5, 0.6) is 0 Å². The Labute approximate surface area is 175 Å². The SMILES string of the molecule is Cc1cccc(N(C(C)C(=O)NCCCc2ccc(C(C)C)cc2)S(C)(=O)=O)c1. The largest absolute Gasteiger partial charge is 0.354 e. The van der Waals surface area contributed by atoms with E-state index in [4.69, 9.17) is 0 Å². The van der Waals surface area contributed by atoms with E-state index in [1.807, 2.05) is 13.0 Å². The highest BCUT2D eigenvalue weighted by Gasteiger charge is 2.28. The van der Waals surface area contributed by atoms with E-state index in [0.29, 0.717) is 18.2 Å². The van der Waals surface area contributed by atoms with Crippen molar-refractivity contribution < 1.29 is 13.2 Å². The number of sulfonamides is 1. The van der Waals surface area contributed by atoms with Crippen LogP contribution in [-0.2, 0) is 21.2 Å². The van der Waals surface area contributed by atoms with E-state index in [9.17, 15) is 13.2 Å². The van der Waals surface area contributed by atoms with Gasteiger partial charge in [0.2, 0.25) is 15.9 Å². The summed E-state index contributed by atoms with van der Waals surface area (Å²) >= 11 is 0. The highest BCUT2D eigenvalue weighted by Crippen LogP contribution is 2.22. The van der Waals surface area contributed by atoms with E-state index in [-0.39, 0.29) is 5.91 Å². The Morgan fingerprint density at radius 3 is 2.28 bits per heavy atom. The zero-order valence-electron chi connectivity index (χ0n) is 18.0. The zero-order valence-corrected chi connectivity index (χ0v) is 18.8. The summed E-state index contributed by atoms with van der Waals surface area (Å²) < 4.78 is 25.8. The van der Waals surface area contributed by atoms with Crippen molar-refractivity contribution in [1.82, 2.24) is 5.32 Å². The maximum absolute atomic E-state index is 12.6. The average molecular weight is 417 g/mol. The van der Waals surface area contributed by atoms with Gasteiger partial charge in [-0.25, -0.2) is 8.42 Å². The Balaban J connectivity index is 1.94. The predicted molar refractivity (Wildman–Crippen MR) is 120 cm³/mol. The van der Waals surface area contributed by atoms with Crippen molar-refractivity contribution in [1.29, 1.82) is 0 Å². The van der Waals surface area contributed by atoms with Crippen molar-refractivity contribution in [3.05, 3.63) is 65.2 Å². The van der Waals surface area contributed by atoms with Crippen molar-refractivity contribution in [2.75, 3.05) is 17.1 Å². The first-order valence-electron chi connectivity index (χ1n) is 10.0. The van der Waals surface area contributed by atoms with Gasteiger partial charge in [0.15, 0.2) is 0 Å². The summed E-state index contributed by atoms with van der Waals surface area (Å²) in [6.07, 6.45) is 2.78. The minimum Gasteiger partial charge on any atom is -0.354 e. The molecule has 29 heavy (non-hydrogen) atoms. The van der Waals surface area contributed by atoms with Crippen molar-refractivity contribution >= 4 is 21.6 Å². The lowest BCUT2D eigenvalue weighted by Gasteiger charge is -2.28. The molecule has 0 radical (unpaired) electrons. The molecule has 2 aromatic carbocycles. The fourth-order valence-electron chi connectivity index (χ4n) is 3.29. The van der Waals surface area contributed by atoms with Gasteiger partial charge in [-0.1, -0.05) is 50.2 Å². The molecule has 1 unspecified atom stereocenters. The van der Waals surface area contributed by atoms with Crippen molar-refractivity contribution in [3.8, 4) is 0 Å². The molecule has 0 aliphatic heterocycles. The Bertz CT molecular complexity index is 921. The van der Waals surface area contributed by atoms with Crippen LogP contribution in [0.15, 0.2) is 48.5 Å². The van der Waals surface area contributed by atoms with Gasteiger partial charge in [-0.15, -0.1) is 0 Å². The molecule has 1 atom stereocenters. The van der Waals surface area contributed by atoms with Crippen molar-refractivity contribution in [3.63, 3.8) is 0 Å². The van der Waals surface area contributed by atoms with Gasteiger partial charge in [0, 0.05) is 6.54 Å². The zero-order chi connectivity index (χ0) is 21.6. The molecule has 2 aromatic rings. The number of carbonyl (C=O) groups excluding carboxylic acids is 1. The van der Waals surface area contributed by atoms with Crippen LogP contribution in [0.25, 0.3) is 0 Å². The normalized spacial score (nSPS) is 12.6. The van der Waals surface area contributed by atoms with E-state index in [0.717, 1.165) is 24.7 Å². The van der Waals surface area contributed by atoms with Crippen LogP contribution >= 0.6 is 0 Å². The number of rotatable bonds is 9. The molecule has 5 nitrogen and oxygen atoms in total. The molecule has 0 aliphatic carbocycles. The van der Waals surface area contributed by atoms with Crippen LogP contribution in [0.1, 0.15) is 49.8 Å². The molecule has 0 spiro atoms. The molecule has 1 amide bonds. The minimum absolute atomic E-state index is 0.299. The first kappa shape index (κ1) is 22.9. The number of carbonyl (C=O) groups is 1. The summed E-state index contributed by atoms with van der Waals surface area (Å²) in [7, 11) is -3.59. The average Bonchev–Trinajstić information content (AvgIpc) is 2.64. The van der Waals surface area contributed by atoms with Gasteiger partial charge in [0.05, 0.1) is 11.9 Å². The van der Waals surface area contributed by atoms with Gasteiger partial charge >= 0.3 is 0 Å². The first-order valence-corrected chi connectivity index (χ1v) is 11.9. The molecule has 0 heterocycles. The summed E-state index contributed by atoms with van der Waals surface area (Å²) in [6, 6.07) is 14.9. The number of benzene rings is 2. The van der Waals surface area contributed by atoms with Crippen LogP contribution < -0.4 is 9.62 Å². The lowest BCUT2D eigenvalue weighted by atomic mass is 10.0. The lowest BCUT2D eigenvalue weighted by molar-refractivity contribution is -0.121. The van der Waals surface area contributed by atoms with Crippen molar-refractivity contribution in [2.45, 2.75) is 52.5 Å². The third-order valence-electron chi connectivity index (χ3n) is 4.93. The molecule has 1 N–H and O–H groups in total.